The number of methoxy groups -OCH3 is 1. The number of hydrogen-bond acceptors (Lipinski definition) is 8. The van der Waals surface area contributed by atoms with E-state index in [0.29, 0.717) is 27.5 Å². The van der Waals surface area contributed by atoms with E-state index < -0.39 is 5.92 Å². The number of nitriles is 1. The highest BCUT2D eigenvalue weighted by molar-refractivity contribution is 8.01. The Hall–Kier alpha value is -2.64. The molecular formula is C16H15N5O3S2. The topological polar surface area (TPSA) is 108 Å². The van der Waals surface area contributed by atoms with Gasteiger partial charge in [-0.25, -0.2) is 0 Å². The van der Waals surface area contributed by atoms with Gasteiger partial charge in [-0.2, -0.15) is 5.26 Å². The average molecular weight is 389 g/mol. The van der Waals surface area contributed by atoms with E-state index in [1.54, 1.807) is 30.2 Å². The standard InChI is InChI=1S/C16H15N5O3S2/c1-24-12-4-2-3-11(8-12)21-9-10(7-13(21)22)14(23)18-15-19-20-16(26-15)25-6-5-17/h2-4,8,10H,6-7,9H2,1H3,(H,18,19,23)/t10-/m0/s1. The molecule has 3 rings (SSSR count). The number of anilines is 2. The summed E-state index contributed by atoms with van der Waals surface area (Å²) >= 11 is 2.47. The lowest BCUT2D eigenvalue weighted by molar-refractivity contribution is -0.122. The van der Waals surface area contributed by atoms with Crippen LogP contribution in [-0.2, 0) is 9.59 Å². The van der Waals surface area contributed by atoms with Gasteiger partial charge in [-0.1, -0.05) is 29.2 Å². The van der Waals surface area contributed by atoms with Crippen molar-refractivity contribution in [3.63, 3.8) is 0 Å². The zero-order chi connectivity index (χ0) is 18.5. The van der Waals surface area contributed by atoms with Crippen molar-refractivity contribution in [3.05, 3.63) is 24.3 Å². The summed E-state index contributed by atoms with van der Waals surface area (Å²) in [7, 11) is 1.56. The molecule has 0 unspecified atom stereocenters. The first kappa shape index (κ1) is 18.2. The number of benzene rings is 1. The van der Waals surface area contributed by atoms with Crippen molar-refractivity contribution in [3.8, 4) is 11.8 Å². The zero-order valence-electron chi connectivity index (χ0n) is 13.8. The Balaban J connectivity index is 1.63. The third kappa shape index (κ3) is 4.12. The Morgan fingerprint density at radius 3 is 3.15 bits per heavy atom. The summed E-state index contributed by atoms with van der Waals surface area (Å²) in [5, 5.41) is 19.4. The van der Waals surface area contributed by atoms with Gasteiger partial charge in [0.1, 0.15) is 5.75 Å². The van der Waals surface area contributed by atoms with Crippen LogP contribution in [-0.4, -0.2) is 41.4 Å². The monoisotopic (exact) mass is 389 g/mol. The fourth-order valence-corrected chi connectivity index (χ4v) is 3.95. The van der Waals surface area contributed by atoms with Crippen LogP contribution >= 0.6 is 23.1 Å². The fraction of sp³-hybridized carbons (Fsp3) is 0.312. The lowest BCUT2D eigenvalue weighted by Crippen LogP contribution is -2.28. The summed E-state index contributed by atoms with van der Waals surface area (Å²) in [6.07, 6.45) is 0.137. The molecule has 10 heteroatoms. The maximum absolute atomic E-state index is 12.4. The summed E-state index contributed by atoms with van der Waals surface area (Å²) in [5.41, 5.74) is 0.704. The zero-order valence-corrected chi connectivity index (χ0v) is 15.5. The number of carbonyl (C=O) groups is 2. The van der Waals surface area contributed by atoms with Crippen LogP contribution in [0.3, 0.4) is 0 Å². The number of thioether (sulfide) groups is 1. The van der Waals surface area contributed by atoms with Crippen LogP contribution in [0.4, 0.5) is 10.8 Å². The van der Waals surface area contributed by atoms with Gasteiger partial charge in [-0.15, -0.1) is 10.2 Å². The summed E-state index contributed by atoms with van der Waals surface area (Å²) in [5.74, 6) is 0.0831. The molecule has 0 aliphatic carbocycles. The van der Waals surface area contributed by atoms with Crippen LogP contribution in [0, 0.1) is 17.2 Å². The molecule has 1 atom stereocenters. The molecule has 1 aliphatic rings. The first-order valence-corrected chi connectivity index (χ1v) is 9.49. The molecule has 1 fully saturated rings. The molecule has 0 bridgehead atoms. The van der Waals surface area contributed by atoms with Crippen LogP contribution < -0.4 is 15.0 Å². The van der Waals surface area contributed by atoms with Gasteiger partial charge in [0.2, 0.25) is 16.9 Å². The second kappa shape index (κ2) is 8.16. The summed E-state index contributed by atoms with van der Waals surface area (Å²) in [6, 6.07) is 9.18. The maximum Gasteiger partial charge on any atom is 0.231 e. The fourth-order valence-electron chi connectivity index (χ4n) is 2.53. The molecule has 2 amide bonds. The molecule has 1 aromatic carbocycles. The van der Waals surface area contributed by atoms with Gasteiger partial charge < -0.3 is 15.0 Å². The Bertz CT molecular complexity index is 864. The summed E-state index contributed by atoms with van der Waals surface area (Å²) in [4.78, 5) is 26.3. The van der Waals surface area contributed by atoms with Crippen molar-refractivity contribution in [1.29, 1.82) is 5.26 Å². The van der Waals surface area contributed by atoms with Gasteiger partial charge in [0.25, 0.3) is 0 Å². The number of amides is 2. The minimum atomic E-state index is -0.465. The normalized spacial score (nSPS) is 16.4. The van der Waals surface area contributed by atoms with Crippen molar-refractivity contribution in [1.82, 2.24) is 10.2 Å². The smallest absolute Gasteiger partial charge is 0.231 e. The SMILES string of the molecule is COc1cccc(N2C[C@@H](C(=O)Nc3nnc(SCC#N)s3)CC2=O)c1. The van der Waals surface area contributed by atoms with E-state index >= 15 is 0 Å². The number of hydrogen-bond donors (Lipinski definition) is 1. The lowest BCUT2D eigenvalue weighted by Gasteiger charge is -2.17. The minimum absolute atomic E-state index is 0.110. The van der Waals surface area contributed by atoms with Gasteiger partial charge in [0.15, 0.2) is 4.34 Å². The molecule has 1 N–H and O–H groups in total. The predicted molar refractivity (Wildman–Crippen MR) is 98.3 cm³/mol. The second-order valence-electron chi connectivity index (χ2n) is 5.42. The molecule has 134 valence electrons. The summed E-state index contributed by atoms with van der Waals surface area (Å²) < 4.78 is 5.79. The van der Waals surface area contributed by atoms with E-state index in [2.05, 4.69) is 15.5 Å². The Morgan fingerprint density at radius 1 is 1.54 bits per heavy atom. The van der Waals surface area contributed by atoms with E-state index in [-0.39, 0.29) is 24.0 Å². The van der Waals surface area contributed by atoms with Crippen molar-refractivity contribution < 1.29 is 14.3 Å². The highest BCUT2D eigenvalue weighted by atomic mass is 32.2. The molecule has 1 saturated heterocycles. The van der Waals surface area contributed by atoms with Gasteiger partial charge in [-0.05, 0) is 12.1 Å². The highest BCUT2D eigenvalue weighted by Gasteiger charge is 2.35. The molecule has 0 radical (unpaired) electrons. The summed E-state index contributed by atoms with van der Waals surface area (Å²) in [6.45, 7) is 0.298. The third-order valence-electron chi connectivity index (χ3n) is 3.76. The quantitative estimate of drug-likeness (QED) is 0.596. The molecule has 0 saturated carbocycles. The molecule has 26 heavy (non-hydrogen) atoms. The molecule has 2 heterocycles. The number of nitrogens with one attached hydrogen (secondary N) is 1. The van der Waals surface area contributed by atoms with Crippen LogP contribution in [0.1, 0.15) is 6.42 Å². The first-order valence-electron chi connectivity index (χ1n) is 7.69. The van der Waals surface area contributed by atoms with Crippen LogP contribution in [0.2, 0.25) is 0 Å². The van der Waals surface area contributed by atoms with Crippen molar-refractivity contribution in [2.24, 2.45) is 5.92 Å². The number of nitrogens with zero attached hydrogens (tertiary/aromatic N) is 4. The van der Waals surface area contributed by atoms with Gasteiger partial charge in [0, 0.05) is 24.7 Å². The average Bonchev–Trinajstić information content (AvgIpc) is 3.26. The molecule has 1 aliphatic heterocycles. The van der Waals surface area contributed by atoms with E-state index in [1.807, 2.05) is 12.1 Å². The van der Waals surface area contributed by atoms with E-state index in [1.165, 1.54) is 23.1 Å². The van der Waals surface area contributed by atoms with Crippen molar-refractivity contribution in [2.75, 3.05) is 29.6 Å². The van der Waals surface area contributed by atoms with Crippen LogP contribution in [0.5, 0.6) is 5.75 Å². The van der Waals surface area contributed by atoms with Gasteiger partial charge in [-0.3, -0.25) is 9.59 Å². The number of aromatic nitrogens is 2. The molecule has 1 aromatic heterocycles. The molecule has 8 nitrogen and oxygen atoms in total. The van der Waals surface area contributed by atoms with Crippen LogP contribution in [0.15, 0.2) is 28.6 Å². The molecule has 2 aromatic rings. The van der Waals surface area contributed by atoms with E-state index in [4.69, 9.17) is 10.00 Å². The predicted octanol–water partition coefficient (Wildman–Crippen LogP) is 2.15. The van der Waals surface area contributed by atoms with Crippen LogP contribution in [0.25, 0.3) is 0 Å². The minimum Gasteiger partial charge on any atom is -0.497 e. The number of carbonyl (C=O) groups excluding carboxylic acids is 2. The first-order chi connectivity index (χ1) is 12.6. The van der Waals surface area contributed by atoms with Crippen molar-refractivity contribution in [2.45, 2.75) is 10.8 Å². The second-order valence-corrected chi connectivity index (χ2v) is 7.62. The third-order valence-corrected chi connectivity index (χ3v) is 5.60. The van der Waals surface area contributed by atoms with Crippen molar-refractivity contribution >= 4 is 45.7 Å². The number of ether oxygens (including phenoxy) is 1. The Morgan fingerprint density at radius 2 is 2.38 bits per heavy atom. The lowest BCUT2D eigenvalue weighted by atomic mass is 10.1. The number of rotatable bonds is 6. The van der Waals surface area contributed by atoms with E-state index in [0.717, 1.165) is 0 Å². The molecule has 0 spiro atoms. The van der Waals surface area contributed by atoms with Gasteiger partial charge in [0.05, 0.1) is 24.8 Å². The van der Waals surface area contributed by atoms with E-state index in [9.17, 15) is 9.59 Å². The maximum atomic E-state index is 12.4. The van der Waals surface area contributed by atoms with Gasteiger partial charge >= 0.3 is 0 Å². The highest BCUT2D eigenvalue weighted by Crippen LogP contribution is 2.29. The largest absolute Gasteiger partial charge is 0.497 e. The molecular weight excluding hydrogens is 374 g/mol. The Labute approximate surface area is 158 Å². The Kier molecular flexibility index (Phi) is 5.70.